The molecular weight excluding hydrogens is 410 g/mol. The molecule has 28 heavy (non-hydrogen) atoms. The third-order valence-electron chi connectivity index (χ3n) is 4.10. The van der Waals surface area contributed by atoms with E-state index in [0.29, 0.717) is 33.6 Å². The van der Waals surface area contributed by atoms with E-state index >= 15 is 0 Å². The largest absolute Gasteiger partial charge is 0.480 e. The minimum atomic E-state index is -2.94. The van der Waals surface area contributed by atoms with Crippen molar-refractivity contribution in [1.29, 1.82) is 0 Å². The SMILES string of the molecule is O=C(Nc1nc(-c2ccccc2OC(F)F)cs1)C1Cc2cc(Cl)ccc2O1. The van der Waals surface area contributed by atoms with Crippen LogP contribution in [0.25, 0.3) is 11.3 Å². The van der Waals surface area contributed by atoms with Crippen LogP contribution in [0.4, 0.5) is 13.9 Å². The van der Waals surface area contributed by atoms with E-state index in [-0.39, 0.29) is 11.7 Å². The molecule has 5 nitrogen and oxygen atoms in total. The molecule has 2 aromatic carbocycles. The zero-order valence-electron chi connectivity index (χ0n) is 14.2. The number of ether oxygens (including phenoxy) is 2. The molecule has 0 saturated heterocycles. The highest BCUT2D eigenvalue weighted by Gasteiger charge is 2.30. The maximum Gasteiger partial charge on any atom is 0.387 e. The second-order valence-electron chi connectivity index (χ2n) is 5.96. The molecule has 3 aromatic rings. The molecule has 1 amide bonds. The van der Waals surface area contributed by atoms with E-state index in [0.717, 1.165) is 5.56 Å². The molecule has 9 heteroatoms. The van der Waals surface area contributed by atoms with Crippen LogP contribution in [-0.2, 0) is 11.2 Å². The first kappa shape index (κ1) is 18.6. The Morgan fingerprint density at radius 3 is 2.96 bits per heavy atom. The van der Waals surface area contributed by atoms with E-state index < -0.39 is 12.7 Å². The third kappa shape index (κ3) is 3.93. The summed E-state index contributed by atoms with van der Waals surface area (Å²) in [5.74, 6) is 0.305. The first-order valence-electron chi connectivity index (χ1n) is 8.25. The van der Waals surface area contributed by atoms with Crippen LogP contribution in [0.15, 0.2) is 47.8 Å². The van der Waals surface area contributed by atoms with Gasteiger partial charge in [-0.15, -0.1) is 11.3 Å². The number of rotatable bonds is 5. The number of thiazole rings is 1. The number of carbonyl (C=O) groups is 1. The van der Waals surface area contributed by atoms with Gasteiger partial charge in [0.25, 0.3) is 5.91 Å². The Kier molecular flexibility index (Phi) is 5.15. The Morgan fingerprint density at radius 1 is 1.32 bits per heavy atom. The molecule has 0 saturated carbocycles. The number of amides is 1. The molecule has 1 aliphatic heterocycles. The number of hydrogen-bond acceptors (Lipinski definition) is 5. The van der Waals surface area contributed by atoms with Crippen molar-refractivity contribution in [3.63, 3.8) is 0 Å². The highest BCUT2D eigenvalue weighted by atomic mass is 35.5. The first-order chi connectivity index (χ1) is 13.5. The number of aromatic nitrogens is 1. The van der Waals surface area contributed by atoms with Crippen LogP contribution in [0.5, 0.6) is 11.5 Å². The standard InChI is InChI=1S/C19H13ClF2N2O3S/c20-11-5-6-14-10(7-11)8-16(26-14)17(25)24-19-23-13(9-28-19)12-3-1-2-4-15(12)27-18(21)22/h1-7,9,16,18H,8H2,(H,23,24,25). The van der Waals surface area contributed by atoms with Crippen molar-refractivity contribution in [2.75, 3.05) is 5.32 Å². The molecule has 0 aliphatic carbocycles. The van der Waals surface area contributed by atoms with E-state index in [4.69, 9.17) is 16.3 Å². The number of benzene rings is 2. The second-order valence-corrected chi connectivity index (χ2v) is 7.26. The van der Waals surface area contributed by atoms with Gasteiger partial charge in [-0.25, -0.2) is 4.98 Å². The van der Waals surface area contributed by atoms with Crippen molar-refractivity contribution >= 4 is 34.0 Å². The van der Waals surface area contributed by atoms with Gasteiger partial charge in [0, 0.05) is 22.4 Å². The topological polar surface area (TPSA) is 60.5 Å². The molecule has 1 unspecified atom stereocenters. The lowest BCUT2D eigenvalue weighted by atomic mass is 10.1. The van der Waals surface area contributed by atoms with Gasteiger partial charge in [-0.3, -0.25) is 10.1 Å². The summed E-state index contributed by atoms with van der Waals surface area (Å²) in [6.45, 7) is -2.94. The molecule has 0 spiro atoms. The third-order valence-corrected chi connectivity index (χ3v) is 5.10. The highest BCUT2D eigenvalue weighted by molar-refractivity contribution is 7.14. The van der Waals surface area contributed by atoms with Gasteiger partial charge in [0.15, 0.2) is 11.2 Å². The van der Waals surface area contributed by atoms with Gasteiger partial charge in [0.1, 0.15) is 11.5 Å². The fourth-order valence-corrected chi connectivity index (χ4v) is 3.79. The number of nitrogens with one attached hydrogen (secondary N) is 1. The number of alkyl halides is 2. The summed E-state index contributed by atoms with van der Waals surface area (Å²) in [5, 5.41) is 5.28. The minimum Gasteiger partial charge on any atom is -0.480 e. The average molecular weight is 423 g/mol. The van der Waals surface area contributed by atoms with Crippen molar-refractivity contribution < 1.29 is 23.0 Å². The number of carbonyl (C=O) groups excluding carboxylic acids is 1. The lowest BCUT2D eigenvalue weighted by Gasteiger charge is -2.10. The quantitative estimate of drug-likeness (QED) is 0.628. The van der Waals surface area contributed by atoms with Crippen LogP contribution in [0, 0.1) is 0 Å². The molecule has 0 bridgehead atoms. The zero-order valence-corrected chi connectivity index (χ0v) is 15.8. The summed E-state index contributed by atoms with van der Waals surface area (Å²) >= 11 is 7.15. The molecular formula is C19H13ClF2N2O3S. The normalized spacial score (nSPS) is 15.2. The van der Waals surface area contributed by atoms with E-state index in [1.165, 1.54) is 17.4 Å². The summed E-state index contributed by atoms with van der Waals surface area (Å²) in [4.78, 5) is 16.8. The van der Waals surface area contributed by atoms with Gasteiger partial charge in [0.05, 0.1) is 5.69 Å². The fraction of sp³-hybridized carbons (Fsp3) is 0.158. The molecule has 4 rings (SSSR count). The predicted octanol–water partition coefficient (Wildman–Crippen LogP) is 5.01. The number of para-hydroxylation sites is 1. The van der Waals surface area contributed by atoms with Crippen LogP contribution in [0.1, 0.15) is 5.56 Å². The fourth-order valence-electron chi connectivity index (χ4n) is 2.88. The zero-order chi connectivity index (χ0) is 19.7. The van der Waals surface area contributed by atoms with Crippen molar-refractivity contribution in [3.8, 4) is 22.8 Å². The summed E-state index contributed by atoms with van der Waals surface area (Å²) in [5.41, 5.74) is 1.71. The molecule has 144 valence electrons. The number of anilines is 1. The summed E-state index contributed by atoms with van der Waals surface area (Å²) in [6.07, 6.45) is -0.277. The Balaban J connectivity index is 1.47. The van der Waals surface area contributed by atoms with Crippen LogP contribution in [-0.4, -0.2) is 23.6 Å². The van der Waals surface area contributed by atoms with Crippen molar-refractivity contribution in [3.05, 3.63) is 58.4 Å². The number of fused-ring (bicyclic) bond motifs is 1. The first-order valence-corrected chi connectivity index (χ1v) is 9.51. The second kappa shape index (κ2) is 7.73. The van der Waals surface area contributed by atoms with Gasteiger partial charge in [-0.1, -0.05) is 23.7 Å². The van der Waals surface area contributed by atoms with Crippen LogP contribution in [0.3, 0.4) is 0 Å². The predicted molar refractivity (Wildman–Crippen MR) is 102 cm³/mol. The maximum atomic E-state index is 12.6. The van der Waals surface area contributed by atoms with Gasteiger partial charge < -0.3 is 9.47 Å². The molecule has 1 N–H and O–H groups in total. The Hall–Kier alpha value is -2.71. The summed E-state index contributed by atoms with van der Waals surface area (Å²) in [6, 6.07) is 11.6. The smallest absolute Gasteiger partial charge is 0.387 e. The van der Waals surface area contributed by atoms with Gasteiger partial charge >= 0.3 is 6.61 Å². The number of nitrogens with zero attached hydrogens (tertiary/aromatic N) is 1. The van der Waals surface area contributed by atoms with E-state index in [1.807, 2.05) is 0 Å². The molecule has 1 aromatic heterocycles. The van der Waals surface area contributed by atoms with E-state index in [9.17, 15) is 13.6 Å². The number of halogens is 3. The number of hydrogen-bond donors (Lipinski definition) is 1. The van der Waals surface area contributed by atoms with Gasteiger partial charge in [-0.05, 0) is 35.9 Å². The van der Waals surface area contributed by atoms with Crippen LogP contribution >= 0.6 is 22.9 Å². The van der Waals surface area contributed by atoms with Gasteiger partial charge in [-0.2, -0.15) is 8.78 Å². The molecule has 0 fully saturated rings. The van der Waals surface area contributed by atoms with Crippen LogP contribution in [0.2, 0.25) is 5.02 Å². The average Bonchev–Trinajstić information content (AvgIpc) is 3.28. The minimum absolute atomic E-state index is 0.0205. The van der Waals surface area contributed by atoms with Crippen molar-refractivity contribution in [1.82, 2.24) is 4.98 Å². The maximum absolute atomic E-state index is 12.6. The summed E-state index contributed by atoms with van der Waals surface area (Å²) in [7, 11) is 0. The molecule has 0 radical (unpaired) electrons. The van der Waals surface area contributed by atoms with E-state index in [1.54, 1.807) is 41.8 Å². The van der Waals surface area contributed by atoms with Gasteiger partial charge in [0.2, 0.25) is 0 Å². The molecule has 2 heterocycles. The molecule has 1 atom stereocenters. The van der Waals surface area contributed by atoms with Crippen molar-refractivity contribution in [2.45, 2.75) is 19.1 Å². The monoisotopic (exact) mass is 422 g/mol. The van der Waals surface area contributed by atoms with Crippen molar-refractivity contribution in [2.24, 2.45) is 0 Å². The lowest BCUT2D eigenvalue weighted by Crippen LogP contribution is -2.31. The van der Waals surface area contributed by atoms with Crippen LogP contribution < -0.4 is 14.8 Å². The highest BCUT2D eigenvalue weighted by Crippen LogP contribution is 2.34. The Bertz CT molecular complexity index is 1030. The Labute approximate surface area is 167 Å². The summed E-state index contributed by atoms with van der Waals surface area (Å²) < 4.78 is 35.4. The lowest BCUT2D eigenvalue weighted by molar-refractivity contribution is -0.122. The van der Waals surface area contributed by atoms with E-state index in [2.05, 4.69) is 15.0 Å². The molecule has 1 aliphatic rings. The Morgan fingerprint density at radius 2 is 2.14 bits per heavy atom.